The SMILES string of the molecule is CCC1(C)CN(C(=O)NCc2ccc(S(=O)(=O)CC)cc2)c2ccc(-c3cncnc3C(C)C)nc21. The lowest BCUT2D eigenvalue weighted by Gasteiger charge is -2.23. The number of carbonyl (C=O) groups excluding carboxylic acids is 1. The van der Waals surface area contributed by atoms with Gasteiger partial charge >= 0.3 is 6.03 Å². The van der Waals surface area contributed by atoms with Gasteiger partial charge in [0.05, 0.1) is 33.4 Å². The van der Waals surface area contributed by atoms with E-state index in [-0.39, 0.29) is 23.1 Å². The fourth-order valence-corrected chi connectivity index (χ4v) is 5.37. The smallest absolute Gasteiger partial charge is 0.322 e. The van der Waals surface area contributed by atoms with Crippen LogP contribution >= 0.6 is 0 Å². The number of benzene rings is 1. The molecule has 3 heterocycles. The van der Waals surface area contributed by atoms with E-state index in [1.807, 2.05) is 12.1 Å². The van der Waals surface area contributed by atoms with Crippen LogP contribution in [0.4, 0.5) is 10.5 Å². The second-order valence-electron chi connectivity index (χ2n) is 9.75. The number of hydrogen-bond donors (Lipinski definition) is 1. The van der Waals surface area contributed by atoms with E-state index >= 15 is 0 Å². The summed E-state index contributed by atoms with van der Waals surface area (Å²) in [7, 11) is -3.25. The minimum Gasteiger partial charge on any atom is -0.334 e. The Kier molecular flexibility index (Phi) is 7.13. The van der Waals surface area contributed by atoms with Gasteiger partial charge in [-0.25, -0.2) is 28.2 Å². The molecule has 36 heavy (non-hydrogen) atoms. The van der Waals surface area contributed by atoms with Gasteiger partial charge in [0.2, 0.25) is 0 Å². The molecule has 3 aromatic rings. The molecule has 1 aliphatic heterocycles. The van der Waals surface area contributed by atoms with Gasteiger partial charge in [0.25, 0.3) is 0 Å². The highest BCUT2D eigenvalue weighted by atomic mass is 32.2. The summed E-state index contributed by atoms with van der Waals surface area (Å²) in [5.74, 6) is 0.286. The molecule has 0 aliphatic carbocycles. The number of sulfone groups is 1. The lowest BCUT2D eigenvalue weighted by molar-refractivity contribution is 0.245. The van der Waals surface area contributed by atoms with Crippen LogP contribution in [0.3, 0.4) is 0 Å². The van der Waals surface area contributed by atoms with Crippen LogP contribution in [0.2, 0.25) is 0 Å². The zero-order chi connectivity index (χ0) is 26.1. The van der Waals surface area contributed by atoms with Crippen LogP contribution in [-0.4, -0.2) is 41.7 Å². The van der Waals surface area contributed by atoms with Crippen LogP contribution in [0.5, 0.6) is 0 Å². The van der Waals surface area contributed by atoms with Crippen molar-refractivity contribution in [3.8, 4) is 11.3 Å². The quantitative estimate of drug-likeness (QED) is 0.490. The Morgan fingerprint density at radius 2 is 1.86 bits per heavy atom. The van der Waals surface area contributed by atoms with Crippen molar-refractivity contribution in [3.05, 3.63) is 65.9 Å². The van der Waals surface area contributed by atoms with Gasteiger partial charge < -0.3 is 5.32 Å². The number of amides is 2. The van der Waals surface area contributed by atoms with E-state index in [0.29, 0.717) is 18.0 Å². The number of carbonyl (C=O) groups is 1. The van der Waals surface area contributed by atoms with Crippen LogP contribution in [-0.2, 0) is 21.8 Å². The van der Waals surface area contributed by atoms with E-state index in [9.17, 15) is 13.2 Å². The maximum atomic E-state index is 13.2. The van der Waals surface area contributed by atoms with Gasteiger partial charge in [0.15, 0.2) is 9.84 Å². The average Bonchev–Trinajstić information content (AvgIpc) is 3.20. The highest BCUT2D eigenvalue weighted by Crippen LogP contribution is 2.43. The van der Waals surface area contributed by atoms with E-state index in [0.717, 1.165) is 40.3 Å². The molecule has 0 spiro atoms. The van der Waals surface area contributed by atoms with Crippen molar-refractivity contribution in [1.82, 2.24) is 20.3 Å². The highest BCUT2D eigenvalue weighted by molar-refractivity contribution is 7.91. The van der Waals surface area contributed by atoms with Crippen molar-refractivity contribution in [2.24, 2.45) is 0 Å². The summed E-state index contributed by atoms with van der Waals surface area (Å²) < 4.78 is 24.1. The summed E-state index contributed by atoms with van der Waals surface area (Å²) in [6.45, 7) is 10.9. The van der Waals surface area contributed by atoms with E-state index < -0.39 is 9.84 Å². The predicted molar refractivity (Wildman–Crippen MR) is 141 cm³/mol. The monoisotopic (exact) mass is 507 g/mol. The Morgan fingerprint density at radius 1 is 1.14 bits per heavy atom. The van der Waals surface area contributed by atoms with Crippen molar-refractivity contribution >= 4 is 21.6 Å². The molecule has 1 unspecified atom stereocenters. The molecular formula is C27H33N5O3S. The Balaban J connectivity index is 1.57. The minimum absolute atomic E-state index is 0.0550. The van der Waals surface area contributed by atoms with Gasteiger partial charge in [-0.2, -0.15) is 0 Å². The van der Waals surface area contributed by atoms with Crippen molar-refractivity contribution in [2.75, 3.05) is 17.2 Å². The van der Waals surface area contributed by atoms with Gasteiger partial charge in [0.1, 0.15) is 6.33 Å². The first-order valence-corrected chi connectivity index (χ1v) is 13.9. The third-order valence-corrected chi connectivity index (χ3v) is 8.69. The number of aromatic nitrogens is 3. The van der Waals surface area contributed by atoms with Crippen LogP contribution in [0, 0.1) is 0 Å². The number of pyridine rings is 1. The van der Waals surface area contributed by atoms with E-state index in [4.69, 9.17) is 4.98 Å². The van der Waals surface area contributed by atoms with Crippen LogP contribution in [0.1, 0.15) is 63.9 Å². The number of nitrogens with zero attached hydrogens (tertiary/aromatic N) is 4. The van der Waals surface area contributed by atoms with Crippen molar-refractivity contribution in [3.63, 3.8) is 0 Å². The Morgan fingerprint density at radius 3 is 2.50 bits per heavy atom. The van der Waals surface area contributed by atoms with Crippen LogP contribution in [0.25, 0.3) is 11.3 Å². The first-order chi connectivity index (χ1) is 17.1. The lowest BCUT2D eigenvalue weighted by atomic mass is 9.85. The van der Waals surface area contributed by atoms with E-state index in [2.05, 4.69) is 43.0 Å². The third kappa shape index (κ3) is 4.84. The Labute approximate surface area is 213 Å². The summed E-state index contributed by atoms with van der Waals surface area (Å²) in [5, 5.41) is 2.98. The first kappa shape index (κ1) is 25.8. The number of anilines is 1. The summed E-state index contributed by atoms with van der Waals surface area (Å²) in [5.41, 5.74) is 4.90. The van der Waals surface area contributed by atoms with Gasteiger partial charge in [-0.15, -0.1) is 0 Å². The minimum atomic E-state index is -3.25. The normalized spacial score (nSPS) is 17.3. The molecule has 1 aromatic carbocycles. The number of nitrogens with one attached hydrogen (secondary N) is 1. The predicted octanol–water partition coefficient (Wildman–Crippen LogP) is 4.85. The second-order valence-corrected chi connectivity index (χ2v) is 12.0. The molecule has 0 fully saturated rings. The van der Waals surface area contributed by atoms with Gasteiger partial charge in [-0.1, -0.05) is 46.8 Å². The molecule has 0 saturated heterocycles. The molecule has 1 aliphatic rings. The maximum Gasteiger partial charge on any atom is 0.322 e. The molecule has 1 N–H and O–H groups in total. The van der Waals surface area contributed by atoms with Crippen molar-refractivity contribution in [1.29, 1.82) is 0 Å². The van der Waals surface area contributed by atoms with E-state index in [1.54, 1.807) is 48.6 Å². The van der Waals surface area contributed by atoms with Gasteiger partial charge in [-0.3, -0.25) is 4.90 Å². The first-order valence-electron chi connectivity index (χ1n) is 12.3. The Bertz CT molecular complexity index is 1370. The van der Waals surface area contributed by atoms with Crippen molar-refractivity contribution in [2.45, 2.75) is 63.8 Å². The number of rotatable bonds is 7. The summed E-state index contributed by atoms with van der Waals surface area (Å²) in [4.78, 5) is 29.0. The largest absolute Gasteiger partial charge is 0.334 e. The zero-order valence-corrected chi connectivity index (χ0v) is 22.3. The second kappa shape index (κ2) is 9.97. The highest BCUT2D eigenvalue weighted by Gasteiger charge is 2.42. The average molecular weight is 508 g/mol. The summed E-state index contributed by atoms with van der Waals surface area (Å²) in [6.07, 6.45) is 4.19. The molecule has 4 rings (SSSR count). The molecule has 0 saturated carbocycles. The molecule has 2 aromatic heterocycles. The Hall–Kier alpha value is -3.33. The lowest BCUT2D eigenvalue weighted by Crippen LogP contribution is -2.41. The maximum absolute atomic E-state index is 13.2. The zero-order valence-electron chi connectivity index (χ0n) is 21.4. The van der Waals surface area contributed by atoms with Gasteiger partial charge in [-0.05, 0) is 42.2 Å². The molecule has 8 nitrogen and oxygen atoms in total. The molecular weight excluding hydrogens is 474 g/mol. The van der Waals surface area contributed by atoms with Crippen LogP contribution in [0.15, 0.2) is 53.8 Å². The fourth-order valence-electron chi connectivity index (χ4n) is 4.48. The molecule has 2 amide bonds. The molecule has 1 atom stereocenters. The topological polar surface area (TPSA) is 105 Å². The van der Waals surface area contributed by atoms with Crippen molar-refractivity contribution < 1.29 is 13.2 Å². The summed E-state index contributed by atoms with van der Waals surface area (Å²) >= 11 is 0. The third-order valence-electron chi connectivity index (χ3n) is 6.94. The summed E-state index contributed by atoms with van der Waals surface area (Å²) in [6, 6.07) is 10.3. The standard InChI is InChI=1S/C27H33N5O3S/c1-6-27(5)16-32(26(33)29-14-19-8-10-20(11-9-19)36(34,35)7-2)23-13-12-22(31-25(23)27)21-15-28-17-30-24(21)18(3)4/h8-13,15,17-18H,6-7,14,16H2,1-5H3,(H,29,33). The van der Waals surface area contributed by atoms with Gasteiger partial charge in [0, 0.05) is 30.3 Å². The fraction of sp³-hybridized carbons (Fsp3) is 0.407. The molecule has 190 valence electrons. The van der Waals surface area contributed by atoms with Crippen LogP contribution < -0.4 is 10.2 Å². The molecule has 9 heteroatoms. The number of hydrogen-bond acceptors (Lipinski definition) is 6. The number of urea groups is 1. The molecule has 0 bridgehead atoms. The van der Waals surface area contributed by atoms with E-state index in [1.165, 1.54) is 0 Å². The molecule has 0 radical (unpaired) electrons. The number of fused-ring (bicyclic) bond motifs is 1.